The van der Waals surface area contributed by atoms with Crippen LogP contribution in [0.5, 0.6) is 5.75 Å². The number of carbonyl (C=O) groups is 1. The van der Waals surface area contributed by atoms with E-state index in [1.165, 1.54) is 6.07 Å². The molecule has 0 aromatic heterocycles. The lowest BCUT2D eigenvalue weighted by molar-refractivity contribution is -0.123. The van der Waals surface area contributed by atoms with Crippen LogP contribution in [-0.4, -0.2) is 32.3 Å². The summed E-state index contributed by atoms with van der Waals surface area (Å²) in [5, 5.41) is 3.02. The lowest BCUT2D eigenvalue weighted by Crippen LogP contribution is -2.37. The maximum absolute atomic E-state index is 13.1. The molecule has 1 aliphatic rings. The van der Waals surface area contributed by atoms with Gasteiger partial charge in [-0.05, 0) is 57.0 Å². The van der Waals surface area contributed by atoms with Gasteiger partial charge in [0, 0.05) is 5.56 Å². The Morgan fingerprint density at radius 3 is 2.44 bits per heavy atom. The first-order chi connectivity index (χ1) is 15.2. The fourth-order valence-electron chi connectivity index (χ4n) is 3.54. The van der Waals surface area contributed by atoms with Crippen LogP contribution >= 0.6 is 0 Å². The van der Waals surface area contributed by atoms with Crippen molar-refractivity contribution in [2.45, 2.75) is 70.0 Å². The summed E-state index contributed by atoms with van der Waals surface area (Å²) in [5.74, 6) is 0.769. The molecular formula is C24H31N3O4S. The number of rotatable bonds is 9. The molecular weight excluding hydrogens is 426 g/mol. The second-order valence-corrected chi connectivity index (χ2v) is 9.85. The zero-order valence-electron chi connectivity index (χ0n) is 19.0. The second kappa shape index (κ2) is 10.2. The van der Waals surface area contributed by atoms with E-state index in [-0.39, 0.29) is 28.8 Å². The van der Waals surface area contributed by atoms with Crippen LogP contribution in [0, 0.1) is 0 Å². The van der Waals surface area contributed by atoms with Gasteiger partial charge < -0.3 is 10.1 Å². The summed E-state index contributed by atoms with van der Waals surface area (Å²) in [6.07, 6.45) is 2.33. The molecule has 2 N–H and O–H groups in total. The molecule has 1 heterocycles. The molecule has 2 atom stereocenters. The van der Waals surface area contributed by atoms with Crippen LogP contribution in [0.3, 0.4) is 0 Å². The average molecular weight is 458 g/mol. The Kier molecular flexibility index (Phi) is 7.56. The molecule has 0 aliphatic carbocycles. The molecule has 3 rings (SSSR count). The van der Waals surface area contributed by atoms with Gasteiger partial charge in [-0.3, -0.25) is 14.5 Å². The highest BCUT2D eigenvalue weighted by molar-refractivity contribution is 7.90. The number of carbonyl (C=O) groups excluding carboxylic acids is 1. The summed E-state index contributed by atoms with van der Waals surface area (Å²) in [5.41, 5.74) is 1.44. The predicted octanol–water partition coefficient (Wildman–Crippen LogP) is 3.95. The van der Waals surface area contributed by atoms with Crippen LogP contribution in [0.2, 0.25) is 0 Å². The molecule has 0 spiro atoms. The van der Waals surface area contributed by atoms with Gasteiger partial charge >= 0.3 is 0 Å². The lowest BCUT2D eigenvalue weighted by Gasteiger charge is -2.19. The van der Waals surface area contributed by atoms with E-state index in [1.807, 2.05) is 52.0 Å². The number of unbranched alkanes of at least 4 members (excludes halogenated alkanes) is 1. The van der Waals surface area contributed by atoms with Gasteiger partial charge in [-0.2, -0.15) is 0 Å². The van der Waals surface area contributed by atoms with Crippen molar-refractivity contribution in [1.29, 1.82) is 0 Å². The minimum absolute atomic E-state index is 0.0922. The SMILES string of the molecule is CCCCC(N=C1NS(=O)(=O)c2ccccc21)C(=O)NC(C)c1ccc(OC(C)C)cc1. The zero-order chi connectivity index (χ0) is 23.3. The van der Waals surface area contributed by atoms with E-state index in [0.717, 1.165) is 24.2 Å². The summed E-state index contributed by atoms with van der Waals surface area (Å²) >= 11 is 0. The molecule has 0 radical (unpaired) electrons. The number of aliphatic imine (C=N–C) groups is 1. The molecule has 0 fully saturated rings. The summed E-state index contributed by atoms with van der Waals surface area (Å²) in [6, 6.07) is 13.4. The van der Waals surface area contributed by atoms with Crippen molar-refractivity contribution in [3.05, 3.63) is 59.7 Å². The summed E-state index contributed by atoms with van der Waals surface area (Å²) in [7, 11) is -3.65. The van der Waals surface area contributed by atoms with Gasteiger partial charge in [0.05, 0.1) is 17.0 Å². The van der Waals surface area contributed by atoms with E-state index < -0.39 is 16.1 Å². The number of amidine groups is 1. The van der Waals surface area contributed by atoms with Crippen molar-refractivity contribution in [2.75, 3.05) is 0 Å². The van der Waals surface area contributed by atoms with Gasteiger partial charge in [-0.1, -0.05) is 44.0 Å². The molecule has 2 unspecified atom stereocenters. The standard InChI is InChI=1S/C24H31N3O4S/c1-5-6-10-21(26-23-20-9-7-8-11-22(20)32(29,30)27-23)24(28)25-17(4)18-12-14-19(15-13-18)31-16(2)3/h7-9,11-17,21H,5-6,10H2,1-4H3,(H,25,28)(H,26,27). The van der Waals surface area contributed by atoms with Gasteiger partial charge in [0.25, 0.3) is 10.0 Å². The highest BCUT2D eigenvalue weighted by atomic mass is 32.2. The summed E-state index contributed by atoms with van der Waals surface area (Å²) in [4.78, 5) is 17.8. The molecule has 2 aromatic carbocycles. The van der Waals surface area contributed by atoms with E-state index in [1.54, 1.807) is 18.2 Å². The van der Waals surface area contributed by atoms with Crippen molar-refractivity contribution in [3.63, 3.8) is 0 Å². The van der Waals surface area contributed by atoms with Crippen molar-refractivity contribution in [2.24, 2.45) is 4.99 Å². The van der Waals surface area contributed by atoms with Gasteiger partial charge in [-0.15, -0.1) is 0 Å². The fraction of sp³-hybridized carbons (Fsp3) is 0.417. The van der Waals surface area contributed by atoms with Crippen molar-refractivity contribution >= 4 is 21.8 Å². The molecule has 2 aromatic rings. The number of hydrogen-bond acceptors (Lipinski definition) is 5. The molecule has 1 aliphatic heterocycles. The number of nitrogens with zero attached hydrogens (tertiary/aromatic N) is 1. The molecule has 8 heteroatoms. The lowest BCUT2D eigenvalue weighted by atomic mass is 10.1. The topological polar surface area (TPSA) is 96.9 Å². The van der Waals surface area contributed by atoms with Gasteiger partial charge in [0.15, 0.2) is 0 Å². The van der Waals surface area contributed by atoms with Gasteiger partial charge in [0.2, 0.25) is 5.91 Å². The number of ether oxygens (including phenoxy) is 1. The van der Waals surface area contributed by atoms with Crippen LogP contribution in [-0.2, 0) is 14.8 Å². The Bertz CT molecular complexity index is 1080. The third-order valence-corrected chi connectivity index (χ3v) is 6.59. The van der Waals surface area contributed by atoms with Crippen LogP contribution in [0.25, 0.3) is 0 Å². The number of nitrogens with one attached hydrogen (secondary N) is 2. The fourth-order valence-corrected chi connectivity index (χ4v) is 4.78. The van der Waals surface area contributed by atoms with E-state index in [0.29, 0.717) is 12.0 Å². The molecule has 32 heavy (non-hydrogen) atoms. The Morgan fingerprint density at radius 2 is 1.78 bits per heavy atom. The second-order valence-electron chi connectivity index (χ2n) is 8.20. The van der Waals surface area contributed by atoms with Crippen molar-refractivity contribution in [1.82, 2.24) is 10.0 Å². The first kappa shape index (κ1) is 23.8. The van der Waals surface area contributed by atoms with Crippen molar-refractivity contribution in [3.8, 4) is 5.75 Å². The van der Waals surface area contributed by atoms with Crippen LogP contribution < -0.4 is 14.8 Å². The number of fused-ring (bicyclic) bond motifs is 1. The quantitative estimate of drug-likeness (QED) is 0.596. The third kappa shape index (κ3) is 5.68. The Balaban J connectivity index is 1.78. The first-order valence-electron chi connectivity index (χ1n) is 11.0. The number of hydrogen-bond donors (Lipinski definition) is 2. The summed E-state index contributed by atoms with van der Waals surface area (Å²) < 4.78 is 32.9. The van der Waals surface area contributed by atoms with Crippen LogP contribution in [0.4, 0.5) is 0 Å². The maximum Gasteiger partial charge on any atom is 0.263 e. The zero-order valence-corrected chi connectivity index (χ0v) is 19.8. The van der Waals surface area contributed by atoms with Crippen LogP contribution in [0.15, 0.2) is 58.4 Å². The monoisotopic (exact) mass is 457 g/mol. The minimum atomic E-state index is -3.65. The summed E-state index contributed by atoms with van der Waals surface area (Å²) in [6.45, 7) is 7.89. The molecule has 0 saturated heterocycles. The molecule has 7 nitrogen and oxygen atoms in total. The van der Waals surface area contributed by atoms with Crippen LogP contribution in [0.1, 0.15) is 64.1 Å². The molecule has 0 saturated carbocycles. The van der Waals surface area contributed by atoms with E-state index in [2.05, 4.69) is 15.0 Å². The Morgan fingerprint density at radius 1 is 1.09 bits per heavy atom. The average Bonchev–Trinajstić information content (AvgIpc) is 3.01. The number of amides is 1. The number of sulfonamides is 1. The highest BCUT2D eigenvalue weighted by Gasteiger charge is 2.32. The predicted molar refractivity (Wildman–Crippen MR) is 125 cm³/mol. The highest BCUT2D eigenvalue weighted by Crippen LogP contribution is 2.24. The van der Waals surface area contributed by atoms with Gasteiger partial charge in [0.1, 0.15) is 17.6 Å². The van der Waals surface area contributed by atoms with E-state index >= 15 is 0 Å². The molecule has 1 amide bonds. The third-order valence-electron chi connectivity index (χ3n) is 5.19. The molecule has 172 valence electrons. The van der Waals surface area contributed by atoms with Crippen molar-refractivity contribution < 1.29 is 17.9 Å². The molecule has 0 bridgehead atoms. The largest absolute Gasteiger partial charge is 0.491 e. The first-order valence-corrected chi connectivity index (χ1v) is 12.5. The Labute approximate surface area is 190 Å². The smallest absolute Gasteiger partial charge is 0.263 e. The minimum Gasteiger partial charge on any atom is -0.491 e. The normalized spacial score (nSPS) is 17.5. The maximum atomic E-state index is 13.1. The Hall–Kier alpha value is -2.87. The number of benzene rings is 2. The van der Waals surface area contributed by atoms with E-state index in [4.69, 9.17) is 4.74 Å². The van der Waals surface area contributed by atoms with Gasteiger partial charge in [-0.25, -0.2) is 8.42 Å². The van der Waals surface area contributed by atoms with E-state index in [9.17, 15) is 13.2 Å².